The normalized spacial score (nSPS) is 22.0. The van der Waals surface area contributed by atoms with Gasteiger partial charge >= 0.3 is 5.97 Å². The van der Waals surface area contributed by atoms with Crippen LogP contribution in [0.4, 0.5) is 0 Å². The van der Waals surface area contributed by atoms with Gasteiger partial charge in [0.25, 0.3) is 0 Å². The number of esters is 1. The summed E-state index contributed by atoms with van der Waals surface area (Å²) in [6.07, 6.45) is 12.8. The summed E-state index contributed by atoms with van der Waals surface area (Å²) in [5.41, 5.74) is 2.53. The van der Waals surface area contributed by atoms with Crippen LogP contribution >= 0.6 is 0 Å². The molecule has 0 amide bonds. The van der Waals surface area contributed by atoms with Gasteiger partial charge in [-0.3, -0.25) is 4.79 Å². The zero-order chi connectivity index (χ0) is 34.1. The number of nitrogens with zero attached hydrogens (tertiary/aromatic N) is 1. The highest BCUT2D eigenvalue weighted by Gasteiger charge is 2.48. The van der Waals surface area contributed by atoms with Crippen LogP contribution in [0.1, 0.15) is 129 Å². The molecule has 1 aliphatic carbocycles. The molecule has 5 atom stereocenters. The summed E-state index contributed by atoms with van der Waals surface area (Å²) >= 11 is 0. The van der Waals surface area contributed by atoms with Gasteiger partial charge in [0.05, 0.1) is 31.3 Å². The van der Waals surface area contributed by atoms with E-state index in [2.05, 4.69) is 117 Å². The van der Waals surface area contributed by atoms with Crippen molar-refractivity contribution in [3.63, 3.8) is 0 Å². The maximum absolute atomic E-state index is 11.5. The van der Waals surface area contributed by atoms with Gasteiger partial charge in [-0.2, -0.15) is 5.26 Å². The molecule has 0 heterocycles. The lowest BCUT2D eigenvalue weighted by Crippen LogP contribution is -2.44. The third-order valence-corrected chi connectivity index (χ3v) is 19.8. The summed E-state index contributed by atoms with van der Waals surface area (Å²) in [4.78, 5) is 11.5. The number of carbonyl (C=O) groups is 1. The van der Waals surface area contributed by atoms with Gasteiger partial charge in [-0.25, -0.2) is 0 Å². The SMILES string of the molecule is CCCCCC(O[Si](C)(C)C(C)(C)C)c1ccc([C@@H]2[C@@H](CC=CCCCC(=O)OC)[C@H](C#N)C[C@H]2O[Si](C)(C)C(C)(C)C)cc1. The Hall–Kier alpha value is -1.73. The molecular weight excluding hydrogens is 591 g/mol. The number of unbranched alkanes of at least 4 members (excludes halogenated alkanes) is 3. The van der Waals surface area contributed by atoms with Gasteiger partial charge in [0.2, 0.25) is 0 Å². The molecule has 1 aromatic rings. The number of allylic oxidation sites excluding steroid dienone is 2. The maximum Gasteiger partial charge on any atom is 0.305 e. The monoisotopic (exact) mass is 655 g/mol. The molecular formula is C38H65NO4Si2. The number of benzene rings is 1. The van der Waals surface area contributed by atoms with E-state index in [0.717, 1.165) is 32.1 Å². The first-order chi connectivity index (χ1) is 20.9. The Morgan fingerprint density at radius 3 is 2.13 bits per heavy atom. The molecule has 0 bridgehead atoms. The third-order valence-electron chi connectivity index (χ3n) is 10.8. The lowest BCUT2D eigenvalue weighted by molar-refractivity contribution is -0.140. The molecule has 5 nitrogen and oxygen atoms in total. The van der Waals surface area contributed by atoms with E-state index in [1.165, 1.54) is 37.5 Å². The Morgan fingerprint density at radius 1 is 0.978 bits per heavy atom. The number of carbonyl (C=O) groups excluding carboxylic acids is 1. The first-order valence-corrected chi connectivity index (χ1v) is 23.3. The second-order valence-corrected chi connectivity index (χ2v) is 25.8. The van der Waals surface area contributed by atoms with Crippen LogP contribution in [-0.4, -0.2) is 35.8 Å². The van der Waals surface area contributed by atoms with Crippen molar-refractivity contribution >= 4 is 22.6 Å². The maximum atomic E-state index is 11.5. The van der Waals surface area contributed by atoms with Crippen LogP contribution in [0.3, 0.4) is 0 Å². The molecule has 7 heteroatoms. The number of ether oxygens (including phenoxy) is 1. The average molecular weight is 656 g/mol. The Kier molecular flexibility index (Phi) is 14.8. The summed E-state index contributed by atoms with van der Waals surface area (Å²) in [5, 5.41) is 10.6. The number of rotatable bonds is 16. The Morgan fingerprint density at radius 2 is 1.60 bits per heavy atom. The molecule has 0 aromatic heterocycles. The highest BCUT2D eigenvalue weighted by atomic mass is 28.4. The number of hydrogen-bond donors (Lipinski definition) is 0. The second kappa shape index (κ2) is 16.9. The zero-order valence-electron chi connectivity index (χ0n) is 30.8. The largest absolute Gasteiger partial charge is 0.469 e. The molecule has 0 spiro atoms. The van der Waals surface area contributed by atoms with Crippen LogP contribution in [0.2, 0.25) is 36.3 Å². The molecule has 1 unspecified atom stereocenters. The molecule has 0 radical (unpaired) electrons. The van der Waals surface area contributed by atoms with Gasteiger partial charge < -0.3 is 13.6 Å². The highest BCUT2D eigenvalue weighted by molar-refractivity contribution is 6.74. The van der Waals surface area contributed by atoms with Crippen molar-refractivity contribution in [1.29, 1.82) is 5.26 Å². The molecule has 1 aliphatic rings. The van der Waals surface area contributed by atoms with E-state index < -0.39 is 16.6 Å². The second-order valence-electron chi connectivity index (χ2n) is 16.3. The first-order valence-electron chi connectivity index (χ1n) is 17.5. The van der Waals surface area contributed by atoms with Gasteiger partial charge in [-0.1, -0.05) is 104 Å². The summed E-state index contributed by atoms with van der Waals surface area (Å²) in [7, 11) is -2.57. The van der Waals surface area contributed by atoms with Crippen molar-refractivity contribution in [2.24, 2.45) is 11.8 Å². The smallest absolute Gasteiger partial charge is 0.305 e. The van der Waals surface area contributed by atoms with E-state index in [0.29, 0.717) is 6.42 Å². The number of nitriles is 1. The lowest BCUT2D eigenvalue weighted by atomic mass is 9.82. The van der Waals surface area contributed by atoms with Crippen molar-refractivity contribution in [1.82, 2.24) is 0 Å². The molecule has 254 valence electrons. The van der Waals surface area contributed by atoms with Crippen LogP contribution in [0.5, 0.6) is 0 Å². The summed E-state index contributed by atoms with van der Waals surface area (Å²) < 4.78 is 18.9. The van der Waals surface area contributed by atoms with Gasteiger partial charge in [0.1, 0.15) is 0 Å². The third kappa shape index (κ3) is 11.2. The van der Waals surface area contributed by atoms with Crippen LogP contribution in [-0.2, 0) is 18.4 Å². The van der Waals surface area contributed by atoms with E-state index in [1.54, 1.807) is 0 Å². The van der Waals surface area contributed by atoms with E-state index in [-0.39, 0.29) is 46.0 Å². The Labute approximate surface area is 278 Å². The Bertz CT molecular complexity index is 1120. The van der Waals surface area contributed by atoms with Crippen molar-refractivity contribution in [2.75, 3.05) is 7.11 Å². The minimum absolute atomic E-state index is 0.0166. The fraction of sp³-hybridized carbons (Fsp3) is 0.737. The van der Waals surface area contributed by atoms with Gasteiger partial charge in [0.15, 0.2) is 16.6 Å². The summed E-state index contributed by atoms with van der Waals surface area (Å²) in [5.74, 6) is 0.0989. The lowest BCUT2D eigenvalue weighted by Gasteiger charge is -2.40. The van der Waals surface area contributed by atoms with Gasteiger partial charge in [0, 0.05) is 12.3 Å². The fourth-order valence-electron chi connectivity index (χ4n) is 5.87. The minimum Gasteiger partial charge on any atom is -0.469 e. The van der Waals surface area contributed by atoms with E-state index in [4.69, 9.17) is 13.6 Å². The van der Waals surface area contributed by atoms with Crippen LogP contribution in [0.25, 0.3) is 0 Å². The van der Waals surface area contributed by atoms with Crippen LogP contribution in [0, 0.1) is 23.2 Å². The van der Waals surface area contributed by atoms with Gasteiger partial charge in [-0.15, -0.1) is 0 Å². The quantitative estimate of drug-likeness (QED) is 0.0767. The molecule has 1 aromatic carbocycles. The van der Waals surface area contributed by atoms with E-state index in [9.17, 15) is 10.1 Å². The summed E-state index contributed by atoms with van der Waals surface area (Å²) in [6, 6.07) is 11.9. The molecule has 2 rings (SSSR count). The highest BCUT2D eigenvalue weighted by Crippen LogP contribution is 2.50. The molecule has 45 heavy (non-hydrogen) atoms. The fourth-order valence-corrected chi connectivity index (χ4v) is 8.54. The number of methoxy groups -OCH3 is 1. The number of hydrogen-bond acceptors (Lipinski definition) is 5. The molecule has 0 N–H and O–H groups in total. The molecule has 1 fully saturated rings. The zero-order valence-corrected chi connectivity index (χ0v) is 32.8. The molecule has 0 saturated heterocycles. The Balaban J connectivity index is 2.42. The molecule has 1 saturated carbocycles. The topological polar surface area (TPSA) is 68.5 Å². The van der Waals surface area contributed by atoms with Gasteiger partial charge in [-0.05, 0) is 85.4 Å². The van der Waals surface area contributed by atoms with Crippen LogP contribution in [0.15, 0.2) is 36.4 Å². The van der Waals surface area contributed by atoms with E-state index in [1.807, 2.05) is 0 Å². The first kappa shape index (κ1) is 39.5. The van der Waals surface area contributed by atoms with Crippen molar-refractivity contribution in [3.05, 3.63) is 47.5 Å². The van der Waals surface area contributed by atoms with E-state index >= 15 is 0 Å². The summed E-state index contributed by atoms with van der Waals surface area (Å²) in [6.45, 7) is 25.4. The predicted octanol–water partition coefficient (Wildman–Crippen LogP) is 11.3. The van der Waals surface area contributed by atoms with Crippen molar-refractivity contribution in [2.45, 2.75) is 161 Å². The molecule has 0 aliphatic heterocycles. The van der Waals surface area contributed by atoms with Crippen LogP contribution < -0.4 is 0 Å². The van der Waals surface area contributed by atoms with Crippen molar-refractivity contribution < 1.29 is 18.4 Å². The van der Waals surface area contributed by atoms with Crippen molar-refractivity contribution in [3.8, 4) is 6.07 Å². The average Bonchev–Trinajstić information content (AvgIpc) is 3.29. The minimum atomic E-state index is -2.06. The predicted molar refractivity (Wildman–Crippen MR) is 193 cm³/mol. The standard InChI is InChI=1S/C38H65NO4Si2/c1-13-14-17-21-33(42-44(9,10)37(2,3)4)29-23-25-30(26-24-29)36-32(20-18-15-16-19-22-35(40)41-8)31(28-39)27-34(36)43-45(11,12)38(5,6)7/h15,18,23-26,31-34,36H,13-14,16-17,19-22,27H2,1-12H3/t31-,32-,33?,34+,36+/m0/s1.